The van der Waals surface area contributed by atoms with Gasteiger partial charge >= 0.3 is 5.97 Å². The van der Waals surface area contributed by atoms with Crippen molar-refractivity contribution in [3.63, 3.8) is 0 Å². The van der Waals surface area contributed by atoms with Crippen LogP contribution in [0.4, 0.5) is 5.82 Å². The molecule has 7 heteroatoms. The number of nitrogens with zero attached hydrogens (tertiary/aromatic N) is 4. The predicted octanol–water partition coefficient (Wildman–Crippen LogP) is 1.55. The molecule has 0 amide bonds. The zero-order chi connectivity index (χ0) is 12.3. The first-order valence-electron chi connectivity index (χ1n) is 4.40. The standard InChI is InChI=1S/C9H11BrN4O2/c1-5(14(2)3)12-7-6(10)4-11-8(13-7)9(15)16/h4H,1-3H3,(H,15,16)/b12-5+. The number of amidine groups is 1. The molecular formula is C9H11BrN4O2. The minimum atomic E-state index is -1.17. The molecule has 0 aromatic carbocycles. The Hall–Kier alpha value is -1.50. The maximum Gasteiger partial charge on any atom is 0.374 e. The van der Waals surface area contributed by atoms with Crippen LogP contribution >= 0.6 is 15.9 Å². The average molecular weight is 287 g/mol. The summed E-state index contributed by atoms with van der Waals surface area (Å²) in [6.45, 7) is 1.80. The molecule has 0 fully saturated rings. The number of carbonyl (C=O) groups is 1. The van der Waals surface area contributed by atoms with Crippen molar-refractivity contribution in [2.75, 3.05) is 14.1 Å². The molecule has 0 saturated heterocycles. The van der Waals surface area contributed by atoms with E-state index in [1.807, 2.05) is 14.1 Å². The molecule has 86 valence electrons. The van der Waals surface area contributed by atoms with Crippen LogP contribution in [0, 0.1) is 0 Å². The molecule has 0 atom stereocenters. The van der Waals surface area contributed by atoms with Gasteiger partial charge in [0.2, 0.25) is 5.82 Å². The van der Waals surface area contributed by atoms with E-state index < -0.39 is 5.97 Å². The molecule has 1 N–H and O–H groups in total. The van der Waals surface area contributed by atoms with E-state index in [0.29, 0.717) is 10.3 Å². The SMILES string of the molecule is C/C(=N\c1nc(C(=O)O)ncc1Br)N(C)C. The van der Waals surface area contributed by atoms with Crippen LogP contribution in [-0.4, -0.2) is 45.9 Å². The number of aromatic nitrogens is 2. The zero-order valence-electron chi connectivity index (χ0n) is 9.10. The van der Waals surface area contributed by atoms with Gasteiger partial charge in [0.05, 0.1) is 4.47 Å². The molecule has 0 spiro atoms. The Morgan fingerprint density at radius 2 is 2.19 bits per heavy atom. The Balaban J connectivity index is 3.18. The van der Waals surface area contributed by atoms with E-state index in [-0.39, 0.29) is 5.82 Å². The van der Waals surface area contributed by atoms with E-state index in [1.165, 1.54) is 6.20 Å². The quantitative estimate of drug-likeness (QED) is 0.659. The summed E-state index contributed by atoms with van der Waals surface area (Å²) in [5, 5.41) is 8.74. The topological polar surface area (TPSA) is 78.7 Å². The van der Waals surface area contributed by atoms with Gasteiger partial charge in [-0.2, -0.15) is 0 Å². The Morgan fingerprint density at radius 3 is 2.69 bits per heavy atom. The van der Waals surface area contributed by atoms with Crippen LogP contribution in [0.15, 0.2) is 15.7 Å². The maximum atomic E-state index is 10.7. The zero-order valence-corrected chi connectivity index (χ0v) is 10.7. The lowest BCUT2D eigenvalue weighted by Crippen LogP contribution is -2.18. The third-order valence-electron chi connectivity index (χ3n) is 1.83. The van der Waals surface area contributed by atoms with Crippen LogP contribution in [0.5, 0.6) is 0 Å². The van der Waals surface area contributed by atoms with Crippen LogP contribution in [0.3, 0.4) is 0 Å². The normalized spacial score (nSPS) is 11.4. The van der Waals surface area contributed by atoms with Gasteiger partial charge in [0.25, 0.3) is 0 Å². The van der Waals surface area contributed by atoms with Crippen LogP contribution in [0.2, 0.25) is 0 Å². The van der Waals surface area contributed by atoms with Gasteiger partial charge in [-0.3, -0.25) is 0 Å². The number of hydrogen-bond acceptors (Lipinski definition) is 4. The number of carboxylic acids is 1. The van der Waals surface area contributed by atoms with Crippen molar-refractivity contribution in [1.29, 1.82) is 0 Å². The minimum Gasteiger partial charge on any atom is -0.475 e. The van der Waals surface area contributed by atoms with E-state index >= 15 is 0 Å². The van der Waals surface area contributed by atoms with Gasteiger partial charge < -0.3 is 10.0 Å². The molecule has 0 saturated carbocycles. The first-order chi connectivity index (χ1) is 7.41. The fourth-order valence-electron chi connectivity index (χ4n) is 0.793. The molecule has 0 aliphatic heterocycles. The summed E-state index contributed by atoms with van der Waals surface area (Å²) in [6, 6.07) is 0. The molecule has 0 unspecified atom stereocenters. The molecule has 0 bridgehead atoms. The lowest BCUT2D eigenvalue weighted by Gasteiger charge is -2.10. The van der Waals surface area contributed by atoms with Gasteiger partial charge in [-0.1, -0.05) is 0 Å². The Morgan fingerprint density at radius 1 is 1.56 bits per heavy atom. The van der Waals surface area contributed by atoms with Gasteiger partial charge in [-0.05, 0) is 22.9 Å². The third-order valence-corrected chi connectivity index (χ3v) is 2.39. The summed E-state index contributed by atoms with van der Waals surface area (Å²) in [7, 11) is 3.68. The summed E-state index contributed by atoms with van der Waals surface area (Å²) >= 11 is 3.21. The van der Waals surface area contributed by atoms with Crippen molar-refractivity contribution in [2.45, 2.75) is 6.92 Å². The molecular weight excluding hydrogens is 276 g/mol. The van der Waals surface area contributed by atoms with Crippen molar-refractivity contribution in [1.82, 2.24) is 14.9 Å². The van der Waals surface area contributed by atoms with Crippen molar-refractivity contribution in [3.8, 4) is 0 Å². The van der Waals surface area contributed by atoms with Crippen molar-refractivity contribution < 1.29 is 9.90 Å². The van der Waals surface area contributed by atoms with E-state index in [0.717, 1.165) is 5.84 Å². The number of hydrogen-bond donors (Lipinski definition) is 1. The highest BCUT2D eigenvalue weighted by Crippen LogP contribution is 2.21. The van der Waals surface area contributed by atoms with Crippen LogP contribution in [-0.2, 0) is 0 Å². The molecule has 6 nitrogen and oxygen atoms in total. The molecule has 1 heterocycles. The second-order valence-electron chi connectivity index (χ2n) is 3.22. The summed E-state index contributed by atoms with van der Waals surface area (Å²) < 4.78 is 0.554. The van der Waals surface area contributed by atoms with E-state index in [4.69, 9.17) is 5.11 Å². The number of carboxylic acid groups (broad SMARTS) is 1. The van der Waals surface area contributed by atoms with E-state index in [9.17, 15) is 4.79 Å². The van der Waals surface area contributed by atoms with Crippen molar-refractivity contribution in [2.24, 2.45) is 4.99 Å². The fourth-order valence-corrected chi connectivity index (χ4v) is 1.07. The lowest BCUT2D eigenvalue weighted by atomic mass is 10.5. The Labute approximate surface area is 101 Å². The smallest absolute Gasteiger partial charge is 0.374 e. The van der Waals surface area contributed by atoms with Gasteiger partial charge in [0, 0.05) is 20.3 Å². The fraction of sp³-hybridized carbons (Fsp3) is 0.333. The van der Waals surface area contributed by atoms with Crippen LogP contribution in [0.1, 0.15) is 17.5 Å². The van der Waals surface area contributed by atoms with Gasteiger partial charge in [-0.15, -0.1) is 0 Å². The molecule has 0 aliphatic rings. The molecule has 16 heavy (non-hydrogen) atoms. The monoisotopic (exact) mass is 286 g/mol. The number of aromatic carboxylic acids is 1. The Bertz CT molecular complexity index is 445. The molecule has 1 rings (SSSR count). The molecule has 1 aromatic heterocycles. The van der Waals surface area contributed by atoms with E-state index in [1.54, 1.807) is 11.8 Å². The van der Waals surface area contributed by atoms with E-state index in [2.05, 4.69) is 30.9 Å². The van der Waals surface area contributed by atoms with Crippen LogP contribution < -0.4 is 0 Å². The predicted molar refractivity (Wildman–Crippen MR) is 63.1 cm³/mol. The van der Waals surface area contributed by atoms with Crippen LogP contribution in [0.25, 0.3) is 0 Å². The molecule has 1 aromatic rings. The first-order valence-corrected chi connectivity index (χ1v) is 5.19. The third kappa shape index (κ3) is 2.99. The molecule has 0 aliphatic carbocycles. The van der Waals surface area contributed by atoms with Gasteiger partial charge in [0.15, 0.2) is 5.82 Å². The van der Waals surface area contributed by atoms with Gasteiger partial charge in [0.1, 0.15) is 5.84 Å². The highest BCUT2D eigenvalue weighted by molar-refractivity contribution is 9.10. The average Bonchev–Trinajstić information content (AvgIpc) is 2.20. The second kappa shape index (κ2) is 5.02. The summed E-state index contributed by atoms with van der Waals surface area (Å²) in [6.07, 6.45) is 1.37. The molecule has 0 radical (unpaired) electrons. The van der Waals surface area contributed by atoms with Crippen molar-refractivity contribution >= 4 is 33.6 Å². The lowest BCUT2D eigenvalue weighted by molar-refractivity contribution is 0.0683. The summed E-state index contributed by atoms with van der Waals surface area (Å²) in [5.41, 5.74) is 0. The summed E-state index contributed by atoms with van der Waals surface area (Å²) in [4.78, 5) is 24.1. The first kappa shape index (κ1) is 12.6. The van der Waals surface area contributed by atoms with Gasteiger partial charge in [-0.25, -0.2) is 19.8 Å². The number of halogens is 1. The Kier molecular flexibility index (Phi) is 3.94. The van der Waals surface area contributed by atoms with Crippen molar-refractivity contribution in [3.05, 3.63) is 16.5 Å². The number of aliphatic imine (C=N–C) groups is 1. The second-order valence-corrected chi connectivity index (χ2v) is 4.08. The largest absolute Gasteiger partial charge is 0.475 e. The highest BCUT2D eigenvalue weighted by atomic mass is 79.9. The highest BCUT2D eigenvalue weighted by Gasteiger charge is 2.10. The maximum absolute atomic E-state index is 10.7. The summed E-state index contributed by atoms with van der Waals surface area (Å²) in [5.74, 6) is -0.422. The minimum absolute atomic E-state index is 0.270. The number of rotatable bonds is 2.